The normalized spacial score (nSPS) is 11.2. The number of rotatable bonds is 5. The van der Waals surface area contributed by atoms with Crippen molar-refractivity contribution < 1.29 is 17.9 Å². The van der Waals surface area contributed by atoms with E-state index in [1.807, 2.05) is 24.3 Å². The third-order valence-corrected chi connectivity index (χ3v) is 6.41. The molecule has 0 saturated carbocycles. The van der Waals surface area contributed by atoms with Crippen molar-refractivity contribution in [3.8, 4) is 16.9 Å². The Bertz CT molecular complexity index is 1280. The second-order valence-electron chi connectivity index (χ2n) is 6.45. The van der Waals surface area contributed by atoms with Crippen LogP contribution in [0.5, 0.6) is 0 Å². The molecule has 0 saturated heterocycles. The second-order valence-corrected chi connectivity index (χ2v) is 8.33. The van der Waals surface area contributed by atoms with Crippen molar-refractivity contribution in [1.29, 1.82) is 0 Å². The van der Waals surface area contributed by atoms with Crippen LogP contribution < -0.4 is 0 Å². The second kappa shape index (κ2) is 7.96. The van der Waals surface area contributed by atoms with Gasteiger partial charge in [-0.1, -0.05) is 66.7 Å². The molecule has 0 spiro atoms. The zero-order valence-corrected chi connectivity index (χ0v) is 16.9. The number of hydrogen-bond donors (Lipinski definition) is 0. The van der Waals surface area contributed by atoms with Gasteiger partial charge in [0.15, 0.2) is 5.69 Å². The van der Waals surface area contributed by atoms with Gasteiger partial charge < -0.3 is 4.74 Å². The summed E-state index contributed by atoms with van der Waals surface area (Å²) in [6.45, 7) is 0. The molecule has 0 bridgehead atoms. The maximum absolute atomic E-state index is 13.7. The van der Waals surface area contributed by atoms with Gasteiger partial charge >= 0.3 is 5.97 Å². The zero-order valence-electron chi connectivity index (χ0n) is 16.1. The molecule has 0 amide bonds. The van der Waals surface area contributed by atoms with Crippen LogP contribution in [0.1, 0.15) is 10.5 Å². The molecular formula is C23H18N2O4S. The fraction of sp³-hybridized carbons (Fsp3) is 0.0435. The van der Waals surface area contributed by atoms with Gasteiger partial charge in [-0.2, -0.15) is 5.10 Å². The van der Waals surface area contributed by atoms with Crippen LogP contribution in [-0.2, 0) is 14.6 Å². The van der Waals surface area contributed by atoms with Gasteiger partial charge in [0.25, 0.3) is 0 Å². The lowest BCUT2D eigenvalue weighted by Gasteiger charge is -2.11. The SMILES string of the molecule is COC(=O)c1nn(-c2ccccc2)c(-c2ccccc2)c1S(=O)(=O)c1ccccc1. The maximum Gasteiger partial charge on any atom is 0.359 e. The van der Waals surface area contributed by atoms with Crippen LogP contribution in [0.15, 0.2) is 101 Å². The van der Waals surface area contributed by atoms with E-state index < -0.39 is 15.8 Å². The molecule has 6 nitrogen and oxygen atoms in total. The molecule has 0 fully saturated rings. The van der Waals surface area contributed by atoms with Crippen LogP contribution in [-0.4, -0.2) is 31.3 Å². The molecule has 3 aromatic carbocycles. The molecule has 1 heterocycles. The number of carbonyl (C=O) groups is 1. The minimum atomic E-state index is -4.07. The smallest absolute Gasteiger partial charge is 0.359 e. The average molecular weight is 418 g/mol. The van der Waals surface area contributed by atoms with E-state index in [0.717, 1.165) is 0 Å². The molecule has 4 aromatic rings. The van der Waals surface area contributed by atoms with Crippen LogP contribution in [0.3, 0.4) is 0 Å². The lowest BCUT2D eigenvalue weighted by Crippen LogP contribution is -2.11. The summed E-state index contributed by atoms with van der Waals surface area (Å²) in [7, 11) is -2.88. The van der Waals surface area contributed by atoms with E-state index in [0.29, 0.717) is 16.9 Å². The van der Waals surface area contributed by atoms with E-state index in [1.165, 1.54) is 23.9 Å². The molecule has 7 heteroatoms. The number of hydrogen-bond acceptors (Lipinski definition) is 5. The number of ether oxygens (including phenoxy) is 1. The van der Waals surface area contributed by atoms with E-state index in [4.69, 9.17) is 4.74 Å². The molecule has 0 radical (unpaired) electrons. The number of esters is 1. The number of aromatic nitrogens is 2. The van der Waals surface area contributed by atoms with Gasteiger partial charge in [0, 0.05) is 5.56 Å². The summed E-state index contributed by atoms with van der Waals surface area (Å²) in [4.78, 5) is 12.5. The highest BCUT2D eigenvalue weighted by atomic mass is 32.2. The predicted octanol–water partition coefficient (Wildman–Crippen LogP) is 4.16. The number of benzene rings is 3. The van der Waals surface area contributed by atoms with Crippen molar-refractivity contribution in [3.05, 3.63) is 96.7 Å². The Morgan fingerprint density at radius 3 is 1.93 bits per heavy atom. The number of sulfone groups is 1. The third kappa shape index (κ3) is 3.40. The Labute approximate surface area is 174 Å². The Morgan fingerprint density at radius 1 is 0.833 bits per heavy atom. The van der Waals surface area contributed by atoms with Crippen LogP contribution in [0.2, 0.25) is 0 Å². The molecule has 4 rings (SSSR count). The molecule has 0 N–H and O–H groups in total. The van der Waals surface area contributed by atoms with Crippen LogP contribution in [0, 0.1) is 0 Å². The minimum absolute atomic E-state index is 0.0694. The first-order chi connectivity index (χ1) is 14.5. The predicted molar refractivity (Wildman–Crippen MR) is 112 cm³/mol. The lowest BCUT2D eigenvalue weighted by atomic mass is 10.1. The van der Waals surface area contributed by atoms with Gasteiger partial charge in [0.1, 0.15) is 4.90 Å². The molecule has 30 heavy (non-hydrogen) atoms. The first-order valence-corrected chi connectivity index (χ1v) is 10.6. The Morgan fingerprint density at radius 2 is 1.37 bits per heavy atom. The van der Waals surface area contributed by atoms with Crippen molar-refractivity contribution >= 4 is 15.8 Å². The summed E-state index contributed by atoms with van der Waals surface area (Å²) < 4.78 is 33.6. The quantitative estimate of drug-likeness (QED) is 0.455. The standard InChI is InChI=1S/C23H18N2O4S/c1-29-23(26)20-22(30(27,28)19-15-9-4-10-16-19)21(17-11-5-2-6-12-17)25(24-20)18-13-7-3-8-14-18/h2-16H,1H3. The Kier molecular flexibility index (Phi) is 5.20. The van der Waals surface area contributed by atoms with Gasteiger partial charge in [-0.3, -0.25) is 0 Å². The number of carbonyl (C=O) groups excluding carboxylic acids is 1. The first-order valence-electron chi connectivity index (χ1n) is 9.16. The summed E-state index contributed by atoms with van der Waals surface area (Å²) >= 11 is 0. The zero-order chi connectivity index (χ0) is 21.1. The maximum atomic E-state index is 13.7. The molecular weight excluding hydrogens is 400 g/mol. The van der Waals surface area contributed by atoms with Crippen molar-refractivity contribution in [1.82, 2.24) is 9.78 Å². The third-order valence-electron chi connectivity index (χ3n) is 4.59. The van der Waals surface area contributed by atoms with Crippen molar-refractivity contribution in [3.63, 3.8) is 0 Å². The molecule has 0 unspecified atom stereocenters. The van der Waals surface area contributed by atoms with E-state index in [2.05, 4.69) is 5.10 Å². The molecule has 0 atom stereocenters. The summed E-state index contributed by atoms with van der Waals surface area (Å²) in [5.74, 6) is -0.823. The van der Waals surface area contributed by atoms with E-state index in [9.17, 15) is 13.2 Å². The van der Waals surface area contributed by atoms with Crippen molar-refractivity contribution in [2.24, 2.45) is 0 Å². The molecule has 0 aliphatic carbocycles. The minimum Gasteiger partial charge on any atom is -0.464 e. The van der Waals surface area contributed by atoms with Gasteiger partial charge in [0.05, 0.1) is 23.4 Å². The van der Waals surface area contributed by atoms with E-state index in [1.54, 1.807) is 54.6 Å². The van der Waals surface area contributed by atoms with Crippen molar-refractivity contribution in [2.75, 3.05) is 7.11 Å². The highest BCUT2D eigenvalue weighted by Crippen LogP contribution is 2.36. The number of nitrogens with zero attached hydrogens (tertiary/aromatic N) is 2. The molecule has 0 aliphatic rings. The summed E-state index contributed by atoms with van der Waals surface area (Å²) in [5.41, 5.74) is 1.27. The first kappa shape index (κ1) is 19.6. The monoisotopic (exact) mass is 418 g/mol. The van der Waals surface area contributed by atoms with Gasteiger partial charge in [0.2, 0.25) is 9.84 Å². The van der Waals surface area contributed by atoms with Crippen molar-refractivity contribution in [2.45, 2.75) is 9.79 Å². The summed E-state index contributed by atoms with van der Waals surface area (Å²) in [6, 6.07) is 26.0. The largest absolute Gasteiger partial charge is 0.464 e. The fourth-order valence-electron chi connectivity index (χ4n) is 3.21. The van der Waals surface area contributed by atoms with E-state index in [-0.39, 0.29) is 15.5 Å². The van der Waals surface area contributed by atoms with Crippen LogP contribution in [0.25, 0.3) is 16.9 Å². The van der Waals surface area contributed by atoms with Gasteiger partial charge in [-0.15, -0.1) is 0 Å². The van der Waals surface area contributed by atoms with Gasteiger partial charge in [-0.05, 0) is 24.3 Å². The van der Waals surface area contributed by atoms with Gasteiger partial charge in [-0.25, -0.2) is 17.9 Å². The van der Waals surface area contributed by atoms with Crippen LogP contribution >= 0.6 is 0 Å². The molecule has 0 aliphatic heterocycles. The number of methoxy groups -OCH3 is 1. The fourth-order valence-corrected chi connectivity index (χ4v) is 4.80. The molecule has 1 aromatic heterocycles. The Hall–Kier alpha value is -3.71. The summed E-state index contributed by atoms with van der Waals surface area (Å²) in [5, 5.41) is 4.38. The molecule has 150 valence electrons. The average Bonchev–Trinajstić information content (AvgIpc) is 3.22. The number of para-hydroxylation sites is 1. The van der Waals surface area contributed by atoms with Crippen LogP contribution in [0.4, 0.5) is 0 Å². The van der Waals surface area contributed by atoms with E-state index >= 15 is 0 Å². The highest BCUT2D eigenvalue weighted by molar-refractivity contribution is 7.91. The lowest BCUT2D eigenvalue weighted by molar-refractivity contribution is 0.0589. The Balaban J connectivity index is 2.12. The topological polar surface area (TPSA) is 78.3 Å². The highest BCUT2D eigenvalue weighted by Gasteiger charge is 2.35. The summed E-state index contributed by atoms with van der Waals surface area (Å²) in [6.07, 6.45) is 0.